The van der Waals surface area contributed by atoms with Gasteiger partial charge in [-0.25, -0.2) is 18.6 Å². The Morgan fingerprint density at radius 3 is 1.29 bits per heavy atom. The Morgan fingerprint density at radius 2 is 0.838 bits per heavy atom. The number of para-hydroxylation sites is 2. The molecule has 0 N–H and O–H groups in total. The maximum absolute atomic E-state index is 8.49. The average Bonchev–Trinajstić information content (AvgIpc) is 3.65. The number of halogens is 1. The summed E-state index contributed by atoms with van der Waals surface area (Å²) in [7, 11) is -4.94. The third kappa shape index (κ3) is 23.0. The van der Waals surface area contributed by atoms with Gasteiger partial charge in [-0.05, 0) is 44.4 Å². The van der Waals surface area contributed by atoms with Crippen molar-refractivity contribution in [2.75, 3.05) is 18.0 Å². The SMILES string of the molecule is CCCCCCCCCCCCCCCCCCN1/C(=C/C=C/C=C/C2=[N+](CCCCCCCCCCCCCCCCCC)c3ccccc3C2(C)C)C(C)(C)c2ccccc21.[O-][Cl+3]([O-])([O-])[O-]. The highest BCUT2D eigenvalue weighted by Crippen LogP contribution is 2.48. The minimum atomic E-state index is -4.94. The third-order valence-electron chi connectivity index (χ3n) is 14.8. The molecule has 0 spiro atoms. The van der Waals surface area contributed by atoms with E-state index < -0.39 is 10.2 Å². The van der Waals surface area contributed by atoms with Gasteiger partial charge < -0.3 is 4.90 Å². The topological polar surface area (TPSA) is 98.5 Å². The molecule has 0 bridgehead atoms. The van der Waals surface area contributed by atoms with Crippen LogP contribution in [0, 0.1) is 10.2 Å². The van der Waals surface area contributed by atoms with Crippen LogP contribution in [0.3, 0.4) is 0 Å². The van der Waals surface area contributed by atoms with Gasteiger partial charge in [-0.2, -0.15) is 4.58 Å². The van der Waals surface area contributed by atoms with Crippen LogP contribution in [0.25, 0.3) is 0 Å². The lowest BCUT2D eigenvalue weighted by Gasteiger charge is -2.27. The lowest BCUT2D eigenvalue weighted by atomic mass is 9.81. The molecule has 0 radical (unpaired) electrons. The van der Waals surface area contributed by atoms with Gasteiger partial charge in [0.2, 0.25) is 5.69 Å². The van der Waals surface area contributed by atoms with E-state index in [1.807, 2.05) is 0 Å². The van der Waals surface area contributed by atoms with Gasteiger partial charge in [-0.3, -0.25) is 0 Å². The molecule has 0 saturated carbocycles. The number of benzene rings is 2. The first kappa shape index (κ1) is 59.6. The van der Waals surface area contributed by atoms with E-state index in [-0.39, 0.29) is 10.8 Å². The Morgan fingerprint density at radius 1 is 0.456 bits per heavy atom. The van der Waals surface area contributed by atoms with Crippen LogP contribution in [0.5, 0.6) is 0 Å². The number of allylic oxidation sites excluding steroid dienone is 6. The molecule has 6 nitrogen and oxygen atoms in total. The van der Waals surface area contributed by atoms with Crippen LogP contribution >= 0.6 is 0 Å². The normalized spacial score (nSPS) is 15.8. The first-order valence-electron chi connectivity index (χ1n) is 28.1. The first-order chi connectivity index (χ1) is 32.8. The molecule has 0 amide bonds. The number of rotatable bonds is 37. The quantitative estimate of drug-likeness (QED) is 0.0382. The first-order valence-corrected chi connectivity index (χ1v) is 29.4. The molecule has 4 rings (SSSR count). The van der Waals surface area contributed by atoms with Crippen LogP contribution in [0.1, 0.15) is 258 Å². The predicted molar refractivity (Wildman–Crippen MR) is 282 cm³/mol. The number of unbranched alkanes of at least 4 members (excludes halogenated alkanes) is 30. The molecule has 7 heteroatoms. The zero-order valence-electron chi connectivity index (χ0n) is 44.5. The lowest BCUT2D eigenvalue weighted by Crippen LogP contribution is -2.68. The van der Waals surface area contributed by atoms with Crippen molar-refractivity contribution >= 4 is 17.1 Å². The van der Waals surface area contributed by atoms with Crippen LogP contribution in [0.4, 0.5) is 11.4 Å². The minimum Gasteiger partial charge on any atom is -0.344 e. The monoisotopic (exact) mass is 959 g/mol. The summed E-state index contributed by atoms with van der Waals surface area (Å²) in [5.41, 5.74) is 8.58. The molecule has 0 atom stereocenters. The van der Waals surface area contributed by atoms with Crippen molar-refractivity contribution in [1.82, 2.24) is 0 Å². The molecule has 2 aromatic carbocycles. The van der Waals surface area contributed by atoms with Crippen LogP contribution in [-0.4, -0.2) is 23.4 Å². The Kier molecular flexibility index (Phi) is 30.3. The van der Waals surface area contributed by atoms with E-state index >= 15 is 0 Å². The summed E-state index contributed by atoms with van der Waals surface area (Å²) in [5.74, 6) is 0. The van der Waals surface area contributed by atoms with Crippen molar-refractivity contribution in [3.05, 3.63) is 95.7 Å². The Balaban J connectivity index is 0.00000232. The van der Waals surface area contributed by atoms with E-state index in [0.717, 1.165) is 13.1 Å². The van der Waals surface area contributed by atoms with Crippen LogP contribution in [0.15, 0.2) is 84.6 Å². The number of nitrogens with zero attached hydrogens (tertiary/aromatic N) is 2. The van der Waals surface area contributed by atoms with E-state index in [2.05, 4.69) is 130 Å². The smallest absolute Gasteiger partial charge is 0.209 e. The van der Waals surface area contributed by atoms with Crippen LogP contribution in [-0.2, 0) is 10.8 Å². The maximum atomic E-state index is 8.49. The zero-order chi connectivity index (χ0) is 49.4. The van der Waals surface area contributed by atoms with Crippen LogP contribution in [0.2, 0.25) is 0 Å². The second kappa shape index (κ2) is 34.6. The number of fused-ring (bicyclic) bond motifs is 2. The summed E-state index contributed by atoms with van der Waals surface area (Å²) < 4.78 is 36.6. The Bertz CT molecular complexity index is 1750. The fraction of sp³-hybridized carbons (Fsp3) is 0.689. The van der Waals surface area contributed by atoms with Crippen molar-refractivity contribution in [3.8, 4) is 0 Å². The standard InChI is InChI=1S/C61H99N2.ClHO4/c1-7-9-11-13-15-17-19-21-23-25-27-29-31-33-35-44-52-62-56-48-42-40-46-54(56)60(3,4)58(62)50-38-37-39-51-59-61(5,6)55-47-41-43-49-57(55)63(59)53-45-36-34-32-30-28-26-24-22-20-18-16-14-12-10-8-2;2-1(3,4)5/h37-43,46-51H,7-36,44-45,52-53H2,1-6H3;(H,2,3,4,5)/q+1;/p-1. The molecular formula is C61H99ClN2O4. The fourth-order valence-corrected chi connectivity index (χ4v) is 10.8. The second-order valence-corrected chi connectivity index (χ2v) is 22.0. The highest BCUT2D eigenvalue weighted by atomic mass is 35.7. The van der Waals surface area contributed by atoms with E-state index in [0.29, 0.717) is 0 Å². The largest absolute Gasteiger partial charge is 0.344 e. The predicted octanol–water partition coefficient (Wildman–Crippen LogP) is 14.6. The Hall–Kier alpha value is -2.74. The summed E-state index contributed by atoms with van der Waals surface area (Å²) >= 11 is 0. The summed E-state index contributed by atoms with van der Waals surface area (Å²) in [4.78, 5) is 2.64. The van der Waals surface area contributed by atoms with E-state index in [4.69, 9.17) is 18.6 Å². The van der Waals surface area contributed by atoms with Crippen molar-refractivity contribution in [3.63, 3.8) is 0 Å². The molecule has 0 aromatic heterocycles. The molecular weight excluding hydrogens is 860 g/mol. The molecule has 384 valence electrons. The van der Waals surface area contributed by atoms with Crippen molar-refractivity contribution in [2.45, 2.75) is 258 Å². The number of hydrogen-bond acceptors (Lipinski definition) is 5. The van der Waals surface area contributed by atoms with Crippen molar-refractivity contribution in [2.24, 2.45) is 0 Å². The van der Waals surface area contributed by atoms with Gasteiger partial charge in [0, 0.05) is 47.5 Å². The number of hydrogen-bond donors (Lipinski definition) is 0. The maximum Gasteiger partial charge on any atom is 0.209 e. The van der Waals surface area contributed by atoms with E-state index in [9.17, 15) is 0 Å². The van der Waals surface area contributed by atoms with Gasteiger partial charge in [0.1, 0.15) is 6.54 Å². The molecule has 2 aliphatic rings. The summed E-state index contributed by atoms with van der Waals surface area (Å²) in [5, 5.41) is 0. The highest BCUT2D eigenvalue weighted by molar-refractivity contribution is 6.03. The summed E-state index contributed by atoms with van der Waals surface area (Å²) in [6, 6.07) is 18.3. The highest BCUT2D eigenvalue weighted by Gasteiger charge is 2.44. The van der Waals surface area contributed by atoms with Gasteiger partial charge in [0.25, 0.3) is 0 Å². The number of anilines is 1. The summed E-state index contributed by atoms with van der Waals surface area (Å²) in [6.07, 6.45) is 56.9. The minimum absolute atomic E-state index is 0.00666. The van der Waals surface area contributed by atoms with Crippen molar-refractivity contribution in [1.29, 1.82) is 0 Å². The molecule has 0 unspecified atom stereocenters. The van der Waals surface area contributed by atoms with E-state index in [1.165, 1.54) is 239 Å². The molecule has 2 heterocycles. The molecule has 2 aliphatic heterocycles. The fourth-order valence-electron chi connectivity index (χ4n) is 10.8. The average molecular weight is 960 g/mol. The zero-order valence-corrected chi connectivity index (χ0v) is 45.2. The van der Waals surface area contributed by atoms with Gasteiger partial charge in [-0.1, -0.05) is 269 Å². The molecule has 0 saturated heterocycles. The van der Waals surface area contributed by atoms with Gasteiger partial charge in [0.05, 0.1) is 5.41 Å². The third-order valence-corrected chi connectivity index (χ3v) is 14.8. The summed E-state index contributed by atoms with van der Waals surface area (Å²) in [6.45, 7) is 16.5. The molecule has 2 aromatic rings. The van der Waals surface area contributed by atoms with Gasteiger partial charge in [-0.15, -0.1) is 10.2 Å². The van der Waals surface area contributed by atoms with E-state index in [1.54, 1.807) is 0 Å². The van der Waals surface area contributed by atoms with Gasteiger partial charge >= 0.3 is 0 Å². The molecule has 68 heavy (non-hydrogen) atoms. The lowest BCUT2D eigenvalue weighted by molar-refractivity contribution is -2.00. The molecule has 0 aliphatic carbocycles. The second-order valence-electron chi connectivity index (χ2n) is 21.3. The Labute approximate surface area is 420 Å². The van der Waals surface area contributed by atoms with Crippen molar-refractivity contribution < 1.29 is 33.5 Å². The van der Waals surface area contributed by atoms with Gasteiger partial charge in [0.15, 0.2) is 5.71 Å². The van der Waals surface area contributed by atoms with Crippen LogP contribution < -0.4 is 23.5 Å². The molecule has 0 fully saturated rings.